The second-order valence-corrected chi connectivity index (χ2v) is 4.51. The number of nitrogens with one attached hydrogen (secondary N) is 1. The van der Waals surface area contributed by atoms with Crippen molar-refractivity contribution >= 4 is 11.6 Å². The van der Waals surface area contributed by atoms with E-state index >= 15 is 0 Å². The Bertz CT molecular complexity index is 626. The van der Waals surface area contributed by atoms with Crippen LogP contribution in [0.3, 0.4) is 0 Å². The fourth-order valence-electron chi connectivity index (χ4n) is 1.91. The summed E-state index contributed by atoms with van der Waals surface area (Å²) >= 11 is 0. The van der Waals surface area contributed by atoms with Gasteiger partial charge in [-0.25, -0.2) is 4.39 Å². The van der Waals surface area contributed by atoms with Crippen molar-refractivity contribution in [2.24, 2.45) is 0 Å². The molecule has 2 rings (SSSR count). The predicted octanol–water partition coefficient (Wildman–Crippen LogP) is 3.32. The van der Waals surface area contributed by atoms with Crippen molar-refractivity contribution in [2.75, 3.05) is 12.4 Å². The minimum absolute atomic E-state index is 0.120. The molecular formula is C16H16FNO2. The zero-order valence-electron chi connectivity index (χ0n) is 11.4. The maximum absolute atomic E-state index is 13.5. The van der Waals surface area contributed by atoms with Gasteiger partial charge in [-0.3, -0.25) is 4.79 Å². The average molecular weight is 273 g/mol. The summed E-state index contributed by atoms with van der Waals surface area (Å²) in [5.74, 6) is -0.467. The second-order valence-electron chi connectivity index (χ2n) is 4.51. The molecule has 0 atom stereocenters. The zero-order chi connectivity index (χ0) is 14.5. The van der Waals surface area contributed by atoms with Crippen LogP contribution in [0.1, 0.15) is 11.1 Å². The number of para-hydroxylation sites is 1. The first kappa shape index (κ1) is 14.1. The van der Waals surface area contributed by atoms with Gasteiger partial charge in [0.15, 0.2) is 11.6 Å². The first-order valence-corrected chi connectivity index (χ1v) is 6.28. The molecule has 0 spiro atoms. The van der Waals surface area contributed by atoms with Crippen molar-refractivity contribution in [3.8, 4) is 5.75 Å². The van der Waals surface area contributed by atoms with Crippen molar-refractivity contribution < 1.29 is 13.9 Å². The molecule has 1 amide bonds. The molecule has 0 fully saturated rings. The van der Waals surface area contributed by atoms with E-state index in [2.05, 4.69) is 5.32 Å². The number of rotatable bonds is 4. The van der Waals surface area contributed by atoms with Gasteiger partial charge in [0.05, 0.1) is 13.5 Å². The Morgan fingerprint density at radius 1 is 1.25 bits per heavy atom. The number of amides is 1. The van der Waals surface area contributed by atoms with E-state index in [1.807, 2.05) is 31.2 Å². The van der Waals surface area contributed by atoms with Crippen LogP contribution >= 0.6 is 0 Å². The lowest BCUT2D eigenvalue weighted by Gasteiger charge is -2.09. The fourth-order valence-corrected chi connectivity index (χ4v) is 1.91. The number of benzene rings is 2. The number of hydrogen-bond acceptors (Lipinski definition) is 2. The molecule has 2 aromatic carbocycles. The number of halogens is 1. The number of carbonyl (C=O) groups is 1. The highest BCUT2D eigenvalue weighted by molar-refractivity contribution is 5.92. The molecular weight excluding hydrogens is 257 g/mol. The quantitative estimate of drug-likeness (QED) is 0.928. The highest BCUT2D eigenvalue weighted by Crippen LogP contribution is 2.19. The van der Waals surface area contributed by atoms with Gasteiger partial charge in [-0.05, 0) is 36.2 Å². The van der Waals surface area contributed by atoms with Gasteiger partial charge < -0.3 is 10.1 Å². The molecule has 0 bridgehead atoms. The van der Waals surface area contributed by atoms with Gasteiger partial charge in [0.25, 0.3) is 0 Å². The van der Waals surface area contributed by atoms with Gasteiger partial charge in [-0.15, -0.1) is 0 Å². The van der Waals surface area contributed by atoms with Crippen LogP contribution in [-0.2, 0) is 11.2 Å². The SMILES string of the molecule is COc1ccc(CC(=O)Nc2ccccc2C)cc1F. The summed E-state index contributed by atoms with van der Waals surface area (Å²) in [6.45, 7) is 1.92. The van der Waals surface area contributed by atoms with Crippen LogP contribution in [0.4, 0.5) is 10.1 Å². The van der Waals surface area contributed by atoms with Crippen molar-refractivity contribution in [3.63, 3.8) is 0 Å². The van der Waals surface area contributed by atoms with Crippen LogP contribution in [0.2, 0.25) is 0 Å². The molecule has 1 N–H and O–H groups in total. The lowest BCUT2D eigenvalue weighted by atomic mass is 10.1. The number of ether oxygens (including phenoxy) is 1. The van der Waals surface area contributed by atoms with E-state index in [1.54, 1.807) is 6.07 Å². The molecule has 104 valence electrons. The normalized spacial score (nSPS) is 10.2. The highest BCUT2D eigenvalue weighted by atomic mass is 19.1. The molecule has 0 aromatic heterocycles. The number of carbonyl (C=O) groups excluding carboxylic acids is 1. The van der Waals surface area contributed by atoms with Crippen LogP contribution in [0.5, 0.6) is 5.75 Å². The predicted molar refractivity (Wildman–Crippen MR) is 76.5 cm³/mol. The zero-order valence-corrected chi connectivity index (χ0v) is 11.4. The summed E-state index contributed by atoms with van der Waals surface area (Å²) in [6.07, 6.45) is 0.120. The van der Waals surface area contributed by atoms with Gasteiger partial charge in [0, 0.05) is 5.69 Å². The molecule has 0 unspecified atom stereocenters. The van der Waals surface area contributed by atoms with Crippen molar-refractivity contribution in [1.82, 2.24) is 0 Å². The molecule has 3 nitrogen and oxygen atoms in total. The van der Waals surface area contributed by atoms with Crippen molar-refractivity contribution in [3.05, 3.63) is 59.4 Å². The lowest BCUT2D eigenvalue weighted by Crippen LogP contribution is -2.15. The fraction of sp³-hybridized carbons (Fsp3) is 0.188. The van der Waals surface area contributed by atoms with Crippen LogP contribution in [-0.4, -0.2) is 13.0 Å². The average Bonchev–Trinajstić information content (AvgIpc) is 2.41. The van der Waals surface area contributed by atoms with Crippen molar-refractivity contribution in [1.29, 1.82) is 0 Å². The minimum atomic E-state index is -0.464. The van der Waals surface area contributed by atoms with Crippen LogP contribution < -0.4 is 10.1 Å². The van der Waals surface area contributed by atoms with Crippen LogP contribution in [0, 0.1) is 12.7 Å². The summed E-state index contributed by atoms with van der Waals surface area (Å²) in [7, 11) is 1.41. The van der Waals surface area contributed by atoms with Gasteiger partial charge in [-0.2, -0.15) is 0 Å². The molecule has 0 aliphatic rings. The summed E-state index contributed by atoms with van der Waals surface area (Å²) in [6, 6.07) is 12.0. The summed E-state index contributed by atoms with van der Waals surface area (Å²) < 4.78 is 18.4. The largest absolute Gasteiger partial charge is 0.494 e. The second kappa shape index (κ2) is 6.19. The molecule has 0 saturated carbocycles. The molecule has 0 aliphatic carbocycles. The number of hydrogen-bond donors (Lipinski definition) is 1. The number of aryl methyl sites for hydroxylation is 1. The maximum Gasteiger partial charge on any atom is 0.228 e. The molecule has 0 saturated heterocycles. The third kappa shape index (κ3) is 3.35. The number of anilines is 1. The third-order valence-corrected chi connectivity index (χ3v) is 3.00. The first-order valence-electron chi connectivity index (χ1n) is 6.28. The molecule has 0 radical (unpaired) electrons. The summed E-state index contributed by atoms with van der Waals surface area (Å²) in [4.78, 5) is 11.9. The van der Waals surface area contributed by atoms with E-state index < -0.39 is 5.82 Å². The Morgan fingerprint density at radius 3 is 2.65 bits per heavy atom. The number of methoxy groups -OCH3 is 1. The Hall–Kier alpha value is -2.36. The van der Waals surface area contributed by atoms with E-state index in [9.17, 15) is 9.18 Å². The lowest BCUT2D eigenvalue weighted by molar-refractivity contribution is -0.115. The van der Waals surface area contributed by atoms with Crippen molar-refractivity contribution in [2.45, 2.75) is 13.3 Å². The van der Waals surface area contributed by atoms with Gasteiger partial charge in [-0.1, -0.05) is 24.3 Å². The van der Waals surface area contributed by atoms with E-state index in [0.29, 0.717) is 5.56 Å². The van der Waals surface area contributed by atoms with E-state index in [1.165, 1.54) is 19.2 Å². The highest BCUT2D eigenvalue weighted by Gasteiger charge is 2.08. The third-order valence-electron chi connectivity index (χ3n) is 3.00. The van der Waals surface area contributed by atoms with E-state index in [4.69, 9.17) is 4.74 Å². The molecule has 4 heteroatoms. The molecule has 2 aromatic rings. The Balaban J connectivity index is 2.05. The molecule has 0 aliphatic heterocycles. The maximum atomic E-state index is 13.5. The van der Waals surface area contributed by atoms with E-state index in [0.717, 1.165) is 11.3 Å². The van der Waals surface area contributed by atoms with Gasteiger partial charge >= 0.3 is 0 Å². The molecule has 20 heavy (non-hydrogen) atoms. The first-order chi connectivity index (χ1) is 9.60. The topological polar surface area (TPSA) is 38.3 Å². The Morgan fingerprint density at radius 2 is 2.00 bits per heavy atom. The van der Waals surface area contributed by atoms with Gasteiger partial charge in [0.1, 0.15) is 0 Å². The van der Waals surface area contributed by atoms with E-state index in [-0.39, 0.29) is 18.1 Å². The summed E-state index contributed by atoms with van der Waals surface area (Å²) in [5, 5.41) is 2.81. The Kier molecular flexibility index (Phi) is 4.35. The summed E-state index contributed by atoms with van der Waals surface area (Å²) in [5.41, 5.74) is 2.36. The standard InChI is InChI=1S/C16H16FNO2/c1-11-5-3-4-6-14(11)18-16(19)10-12-7-8-15(20-2)13(17)9-12/h3-9H,10H2,1-2H3,(H,18,19). The monoisotopic (exact) mass is 273 g/mol. The minimum Gasteiger partial charge on any atom is -0.494 e. The van der Waals surface area contributed by atoms with Crippen LogP contribution in [0.15, 0.2) is 42.5 Å². The van der Waals surface area contributed by atoms with Gasteiger partial charge in [0.2, 0.25) is 5.91 Å². The molecule has 0 heterocycles. The smallest absolute Gasteiger partial charge is 0.228 e. The van der Waals surface area contributed by atoms with Crippen LogP contribution in [0.25, 0.3) is 0 Å². The Labute approximate surface area is 117 Å².